The van der Waals surface area contributed by atoms with E-state index < -0.39 is 10.0 Å². The molecule has 0 radical (unpaired) electrons. The van der Waals surface area contributed by atoms with Crippen LogP contribution in [0.2, 0.25) is 0 Å². The van der Waals surface area contributed by atoms with Crippen LogP contribution >= 0.6 is 0 Å². The van der Waals surface area contributed by atoms with Crippen LogP contribution in [-0.2, 0) is 14.8 Å². The Morgan fingerprint density at radius 3 is 2.59 bits per heavy atom. The van der Waals surface area contributed by atoms with E-state index in [9.17, 15) is 13.2 Å². The minimum absolute atomic E-state index is 0.00124. The van der Waals surface area contributed by atoms with Crippen LogP contribution < -0.4 is 10.5 Å². The minimum Gasteiger partial charge on any atom is -0.330 e. The summed E-state index contributed by atoms with van der Waals surface area (Å²) in [5.74, 6) is -0.478. The van der Waals surface area contributed by atoms with Gasteiger partial charge in [0.2, 0.25) is 15.9 Å². The summed E-state index contributed by atoms with van der Waals surface area (Å²) in [7, 11) is -3.45. The molecular weight excluding hydrogens is 240 g/mol. The molecule has 17 heavy (non-hydrogen) atoms. The van der Waals surface area contributed by atoms with Gasteiger partial charge in [-0.25, -0.2) is 8.42 Å². The van der Waals surface area contributed by atoms with E-state index in [2.05, 4.69) is 4.72 Å². The van der Waals surface area contributed by atoms with E-state index in [0.717, 1.165) is 25.7 Å². The smallest absolute Gasteiger partial charge is 0.236 e. The lowest BCUT2D eigenvalue weighted by Gasteiger charge is -2.29. The van der Waals surface area contributed by atoms with Crippen LogP contribution in [0.3, 0.4) is 0 Å². The SMILES string of the molecule is CCCS(=O)(=O)NC(=O)C1CCCCC1CN. The Morgan fingerprint density at radius 1 is 1.35 bits per heavy atom. The average molecular weight is 262 g/mol. The lowest BCUT2D eigenvalue weighted by Crippen LogP contribution is -2.42. The van der Waals surface area contributed by atoms with Crippen molar-refractivity contribution < 1.29 is 13.2 Å². The second kappa shape index (κ2) is 6.35. The number of amides is 1. The fraction of sp³-hybridized carbons (Fsp3) is 0.909. The third kappa shape index (κ3) is 4.27. The average Bonchev–Trinajstić information content (AvgIpc) is 2.28. The highest BCUT2D eigenvalue weighted by Crippen LogP contribution is 2.29. The summed E-state index contributed by atoms with van der Waals surface area (Å²) in [6.45, 7) is 2.22. The first-order valence-corrected chi connectivity index (χ1v) is 7.89. The summed E-state index contributed by atoms with van der Waals surface area (Å²) in [6.07, 6.45) is 4.22. The zero-order valence-electron chi connectivity index (χ0n) is 10.3. The van der Waals surface area contributed by atoms with E-state index in [1.54, 1.807) is 6.92 Å². The maximum atomic E-state index is 11.9. The summed E-state index contributed by atoms with van der Waals surface area (Å²) in [5.41, 5.74) is 5.62. The molecule has 1 aliphatic rings. The van der Waals surface area contributed by atoms with Crippen LogP contribution in [-0.4, -0.2) is 26.6 Å². The van der Waals surface area contributed by atoms with Gasteiger partial charge in [-0.3, -0.25) is 9.52 Å². The van der Waals surface area contributed by atoms with Crippen molar-refractivity contribution in [3.8, 4) is 0 Å². The molecule has 0 bridgehead atoms. The Kier molecular flexibility index (Phi) is 5.39. The fourth-order valence-corrected chi connectivity index (χ4v) is 3.48. The monoisotopic (exact) mass is 262 g/mol. The third-order valence-corrected chi connectivity index (χ3v) is 4.74. The summed E-state index contributed by atoms with van der Waals surface area (Å²) in [4.78, 5) is 11.9. The van der Waals surface area contributed by atoms with Crippen molar-refractivity contribution in [3.05, 3.63) is 0 Å². The highest BCUT2D eigenvalue weighted by atomic mass is 32.2. The van der Waals surface area contributed by atoms with E-state index in [1.165, 1.54) is 0 Å². The summed E-state index contributed by atoms with van der Waals surface area (Å²) in [5, 5.41) is 0. The lowest BCUT2D eigenvalue weighted by molar-refractivity contribution is -0.125. The largest absolute Gasteiger partial charge is 0.330 e. The Labute approximate surface area is 103 Å². The van der Waals surface area contributed by atoms with Crippen molar-refractivity contribution in [2.45, 2.75) is 39.0 Å². The van der Waals surface area contributed by atoms with Gasteiger partial charge in [0.05, 0.1) is 5.75 Å². The molecule has 0 aromatic heterocycles. The van der Waals surface area contributed by atoms with E-state index in [-0.39, 0.29) is 23.5 Å². The van der Waals surface area contributed by atoms with Crippen LogP contribution in [0.4, 0.5) is 0 Å². The normalized spacial score (nSPS) is 25.5. The number of hydrogen-bond acceptors (Lipinski definition) is 4. The zero-order valence-corrected chi connectivity index (χ0v) is 11.1. The molecule has 1 fully saturated rings. The maximum absolute atomic E-state index is 11.9. The van der Waals surface area contributed by atoms with Crippen LogP contribution in [0.5, 0.6) is 0 Å². The molecular formula is C11H22N2O3S. The van der Waals surface area contributed by atoms with E-state index in [1.807, 2.05) is 0 Å². The summed E-state index contributed by atoms with van der Waals surface area (Å²) < 4.78 is 25.2. The van der Waals surface area contributed by atoms with Gasteiger partial charge in [-0.2, -0.15) is 0 Å². The third-order valence-electron chi connectivity index (χ3n) is 3.28. The van der Waals surface area contributed by atoms with Crippen molar-refractivity contribution in [3.63, 3.8) is 0 Å². The van der Waals surface area contributed by atoms with Crippen LogP contribution in [0.1, 0.15) is 39.0 Å². The molecule has 2 unspecified atom stereocenters. The molecule has 1 aliphatic carbocycles. The molecule has 2 atom stereocenters. The predicted octanol–water partition coefficient (Wildman–Crippen LogP) is 0.608. The molecule has 3 N–H and O–H groups in total. The first kappa shape index (κ1) is 14.4. The number of rotatable bonds is 5. The van der Waals surface area contributed by atoms with Gasteiger partial charge in [0, 0.05) is 5.92 Å². The molecule has 0 spiro atoms. The Bertz CT molecular complexity index is 354. The van der Waals surface area contributed by atoms with Crippen molar-refractivity contribution in [1.82, 2.24) is 4.72 Å². The predicted molar refractivity (Wildman–Crippen MR) is 66.7 cm³/mol. The quantitative estimate of drug-likeness (QED) is 0.759. The zero-order chi connectivity index (χ0) is 12.9. The van der Waals surface area contributed by atoms with E-state index >= 15 is 0 Å². The van der Waals surface area contributed by atoms with Gasteiger partial charge < -0.3 is 5.73 Å². The number of carbonyl (C=O) groups excluding carboxylic acids is 1. The standard InChI is InChI=1S/C11H22N2O3S/c1-2-7-17(15,16)13-11(14)10-6-4-3-5-9(10)8-12/h9-10H,2-8,12H2,1H3,(H,13,14). The first-order chi connectivity index (χ1) is 8.00. The molecule has 6 heteroatoms. The van der Waals surface area contributed by atoms with Crippen LogP contribution in [0.25, 0.3) is 0 Å². The minimum atomic E-state index is -3.45. The van der Waals surface area contributed by atoms with Gasteiger partial charge in [-0.15, -0.1) is 0 Å². The van der Waals surface area contributed by atoms with E-state index in [4.69, 9.17) is 5.73 Å². The molecule has 1 amide bonds. The molecule has 0 saturated heterocycles. The topological polar surface area (TPSA) is 89.3 Å². The second-order valence-corrected chi connectivity index (χ2v) is 6.51. The van der Waals surface area contributed by atoms with Gasteiger partial charge in [0.25, 0.3) is 0 Å². The molecule has 1 rings (SSSR count). The summed E-state index contributed by atoms with van der Waals surface area (Å²) in [6, 6.07) is 0. The number of hydrogen-bond donors (Lipinski definition) is 2. The van der Waals surface area contributed by atoms with Crippen LogP contribution in [0.15, 0.2) is 0 Å². The van der Waals surface area contributed by atoms with Crippen molar-refractivity contribution in [1.29, 1.82) is 0 Å². The van der Waals surface area contributed by atoms with Gasteiger partial charge in [0.1, 0.15) is 0 Å². The Hall–Kier alpha value is -0.620. The van der Waals surface area contributed by atoms with Gasteiger partial charge in [0.15, 0.2) is 0 Å². The highest BCUT2D eigenvalue weighted by molar-refractivity contribution is 7.90. The van der Waals surface area contributed by atoms with Gasteiger partial charge >= 0.3 is 0 Å². The first-order valence-electron chi connectivity index (χ1n) is 6.24. The molecule has 1 saturated carbocycles. The number of nitrogens with one attached hydrogen (secondary N) is 1. The van der Waals surface area contributed by atoms with Crippen molar-refractivity contribution in [2.24, 2.45) is 17.6 Å². The molecule has 5 nitrogen and oxygen atoms in total. The van der Waals surface area contributed by atoms with Gasteiger partial charge in [-0.05, 0) is 31.7 Å². The van der Waals surface area contributed by atoms with Crippen LogP contribution in [0, 0.1) is 11.8 Å². The molecule has 0 aromatic rings. The fourth-order valence-electron chi connectivity index (χ4n) is 2.38. The Morgan fingerprint density at radius 2 is 2.00 bits per heavy atom. The van der Waals surface area contributed by atoms with Crippen molar-refractivity contribution in [2.75, 3.05) is 12.3 Å². The van der Waals surface area contributed by atoms with Gasteiger partial charge in [-0.1, -0.05) is 19.8 Å². The number of sulfonamides is 1. The Balaban J connectivity index is 2.62. The lowest BCUT2D eigenvalue weighted by atomic mass is 9.79. The highest BCUT2D eigenvalue weighted by Gasteiger charge is 2.31. The molecule has 0 aliphatic heterocycles. The molecule has 0 aromatic carbocycles. The number of nitrogens with two attached hydrogens (primary N) is 1. The molecule has 0 heterocycles. The molecule has 100 valence electrons. The maximum Gasteiger partial charge on any atom is 0.236 e. The second-order valence-electron chi connectivity index (χ2n) is 4.67. The van der Waals surface area contributed by atoms with Crippen molar-refractivity contribution >= 4 is 15.9 Å². The summed E-state index contributed by atoms with van der Waals surface area (Å²) >= 11 is 0. The number of carbonyl (C=O) groups is 1. The van der Waals surface area contributed by atoms with E-state index in [0.29, 0.717) is 13.0 Å².